The maximum Gasteiger partial charge on any atom is 2.00 e. The maximum atomic E-state index is 3.29. The third-order valence-electron chi connectivity index (χ3n) is 3.56. The molecule has 0 saturated carbocycles. The molecule has 0 amide bonds. The van der Waals surface area contributed by atoms with Crippen molar-refractivity contribution in [1.29, 1.82) is 0 Å². The van der Waals surface area contributed by atoms with Gasteiger partial charge in [0.05, 0.1) is 8.07 Å². The van der Waals surface area contributed by atoms with Crippen molar-refractivity contribution in [3.63, 3.8) is 0 Å². The molecule has 0 unspecified atom stereocenters. The van der Waals surface area contributed by atoms with Gasteiger partial charge in [-0.2, -0.15) is 29.5 Å². The van der Waals surface area contributed by atoms with Crippen LogP contribution >= 0.6 is 0 Å². The number of benzene rings is 1. The number of rotatable bonds is 2. The Bertz CT molecular complexity index is 717. The van der Waals surface area contributed by atoms with Crippen molar-refractivity contribution in [1.82, 2.24) is 0 Å². The monoisotopic (exact) mass is 372 g/mol. The molecule has 3 aromatic carbocycles. The first-order valence-corrected chi connectivity index (χ1v) is 11.5. The van der Waals surface area contributed by atoms with Crippen LogP contribution in [0.4, 0.5) is 0 Å². The molecule has 0 saturated heterocycles. The summed E-state index contributed by atoms with van der Waals surface area (Å²) in [7, 11) is -1.22. The molecule has 0 heterocycles. The van der Waals surface area contributed by atoms with Crippen molar-refractivity contribution in [2.45, 2.75) is 26.1 Å². The quantitative estimate of drug-likeness (QED) is 0.339. The van der Waals surface area contributed by atoms with E-state index in [4.69, 9.17) is 0 Å². The molecule has 2 heteroatoms. The number of hydrogen-bond acceptors (Lipinski definition) is 0. The van der Waals surface area contributed by atoms with E-state index in [9.17, 15) is 0 Å². The minimum atomic E-state index is -1.22. The summed E-state index contributed by atoms with van der Waals surface area (Å²) in [5.74, 6) is 6.52. The molecular weight excluding hydrogens is 348 g/mol. The molecule has 3 aromatic rings. The van der Waals surface area contributed by atoms with E-state index in [1.54, 1.807) is 5.19 Å². The van der Waals surface area contributed by atoms with E-state index >= 15 is 0 Å². The Balaban J connectivity index is 0.000000412. The van der Waals surface area contributed by atoms with Crippen LogP contribution in [0.25, 0.3) is 0 Å². The summed E-state index contributed by atoms with van der Waals surface area (Å²) in [5.41, 5.74) is 2.51. The average Bonchev–Trinajstić information content (AvgIpc) is 3.22. The van der Waals surface area contributed by atoms with E-state index in [0.717, 1.165) is 12.0 Å². The first-order chi connectivity index (χ1) is 11.1. The van der Waals surface area contributed by atoms with Crippen LogP contribution in [0.1, 0.15) is 11.1 Å². The molecule has 0 spiro atoms. The summed E-state index contributed by atoms with van der Waals surface area (Å²) in [4.78, 5) is 0. The summed E-state index contributed by atoms with van der Waals surface area (Å²) < 4.78 is 0. The van der Waals surface area contributed by atoms with Crippen molar-refractivity contribution in [3.8, 4) is 11.8 Å². The second-order valence-electron chi connectivity index (χ2n) is 6.52. The SMILES string of the molecule is C[Si](C)(C)c1ccc[c-]1CC#Cc1ccccc1.[Fe+2].c1cc[cH-]c1. The molecule has 0 aliphatic rings. The molecule has 24 heavy (non-hydrogen) atoms. The van der Waals surface area contributed by atoms with E-state index in [2.05, 4.69) is 61.8 Å². The van der Waals surface area contributed by atoms with Crippen molar-refractivity contribution in [3.05, 3.63) is 90.0 Å². The van der Waals surface area contributed by atoms with Crippen molar-refractivity contribution >= 4 is 13.3 Å². The fourth-order valence-electron chi connectivity index (χ4n) is 2.43. The van der Waals surface area contributed by atoms with Gasteiger partial charge in [0.2, 0.25) is 0 Å². The molecule has 124 valence electrons. The minimum absolute atomic E-state index is 0. The second-order valence-corrected chi connectivity index (χ2v) is 11.6. The van der Waals surface area contributed by atoms with Crippen molar-refractivity contribution in [2.24, 2.45) is 0 Å². The largest absolute Gasteiger partial charge is 2.00 e. The molecule has 0 aromatic heterocycles. The van der Waals surface area contributed by atoms with E-state index in [0.29, 0.717) is 0 Å². The van der Waals surface area contributed by atoms with Gasteiger partial charge in [0.1, 0.15) is 0 Å². The first-order valence-electron chi connectivity index (χ1n) is 8.03. The zero-order chi connectivity index (χ0) is 16.5. The topological polar surface area (TPSA) is 0 Å². The van der Waals surface area contributed by atoms with Crippen LogP contribution in [-0.2, 0) is 23.5 Å². The molecule has 0 aliphatic carbocycles. The number of hydrogen-bond donors (Lipinski definition) is 0. The van der Waals surface area contributed by atoms with Crippen LogP contribution < -0.4 is 5.19 Å². The molecule has 0 fully saturated rings. The summed E-state index contributed by atoms with van der Waals surface area (Å²) in [6, 6.07) is 26.8. The predicted octanol–water partition coefficient (Wildman–Crippen LogP) is 4.95. The van der Waals surface area contributed by atoms with Crippen LogP contribution in [0, 0.1) is 11.8 Å². The molecular formula is C22H24FeSi. The van der Waals surface area contributed by atoms with Gasteiger partial charge in [0, 0.05) is 5.56 Å². The van der Waals surface area contributed by atoms with E-state index in [1.807, 2.05) is 48.5 Å². The standard InChI is InChI=1S/C17H19Si.C5H5.Fe/c1-18(2,3)17-14-8-13-16(17)12-7-11-15-9-5-4-6-10-15;1-2-4-5-3-1;/h4-6,8-10,13-14H,12H2,1-3H3;1-5H;/q2*-1;+2. The summed E-state index contributed by atoms with van der Waals surface area (Å²) in [6.07, 6.45) is 0.863. The molecule has 0 bridgehead atoms. The Hall–Kier alpha value is -1.78. The predicted molar refractivity (Wildman–Crippen MR) is 104 cm³/mol. The van der Waals surface area contributed by atoms with Crippen LogP contribution in [0.15, 0.2) is 78.9 Å². The first kappa shape index (κ1) is 20.3. The molecule has 3 rings (SSSR count). The van der Waals surface area contributed by atoms with Gasteiger partial charge >= 0.3 is 17.1 Å². The van der Waals surface area contributed by atoms with E-state index in [1.165, 1.54) is 5.56 Å². The van der Waals surface area contributed by atoms with Gasteiger partial charge in [-0.3, -0.25) is 0 Å². The van der Waals surface area contributed by atoms with Crippen LogP contribution in [0.3, 0.4) is 0 Å². The molecule has 0 nitrogen and oxygen atoms in total. The van der Waals surface area contributed by atoms with Gasteiger partial charge in [-0.15, -0.1) is 11.5 Å². The third-order valence-corrected chi connectivity index (χ3v) is 5.66. The van der Waals surface area contributed by atoms with Gasteiger partial charge in [0.15, 0.2) is 0 Å². The minimum Gasteiger partial charge on any atom is -0.214 e. The van der Waals surface area contributed by atoms with Crippen molar-refractivity contribution < 1.29 is 17.1 Å². The van der Waals surface area contributed by atoms with Gasteiger partial charge in [-0.05, 0) is 18.6 Å². The third kappa shape index (κ3) is 6.77. The summed E-state index contributed by atoms with van der Waals surface area (Å²) in [6.45, 7) is 7.16. The summed E-state index contributed by atoms with van der Waals surface area (Å²) >= 11 is 0. The van der Waals surface area contributed by atoms with Gasteiger partial charge < -0.3 is 0 Å². The molecule has 0 radical (unpaired) electrons. The maximum absolute atomic E-state index is 3.29. The smallest absolute Gasteiger partial charge is 0.214 e. The fraction of sp³-hybridized carbons (Fsp3) is 0.182. The Kier molecular flexibility index (Phi) is 8.58. The Morgan fingerprint density at radius 1 is 0.917 bits per heavy atom. The van der Waals surface area contributed by atoms with E-state index < -0.39 is 8.07 Å². The molecule has 0 atom stereocenters. The van der Waals surface area contributed by atoms with Crippen LogP contribution in [0.5, 0.6) is 0 Å². The Labute approximate surface area is 158 Å². The summed E-state index contributed by atoms with van der Waals surface area (Å²) in [5, 5.41) is 1.55. The van der Waals surface area contributed by atoms with Crippen LogP contribution in [-0.4, -0.2) is 8.07 Å². The van der Waals surface area contributed by atoms with Gasteiger partial charge in [-0.1, -0.05) is 43.8 Å². The van der Waals surface area contributed by atoms with Crippen LogP contribution in [0.2, 0.25) is 19.6 Å². The second kappa shape index (κ2) is 10.2. The van der Waals surface area contributed by atoms with Gasteiger partial charge in [0.25, 0.3) is 0 Å². The Morgan fingerprint density at radius 3 is 2.12 bits per heavy atom. The van der Waals surface area contributed by atoms with Gasteiger partial charge in [-0.25, -0.2) is 24.3 Å². The molecule has 0 aliphatic heterocycles. The normalized spacial score (nSPS) is 9.79. The average molecular weight is 372 g/mol. The zero-order valence-electron chi connectivity index (χ0n) is 14.6. The van der Waals surface area contributed by atoms with Crippen molar-refractivity contribution in [2.75, 3.05) is 0 Å². The molecule has 0 N–H and O–H groups in total. The fourth-order valence-corrected chi connectivity index (χ4v) is 4.16. The Morgan fingerprint density at radius 2 is 1.58 bits per heavy atom. The van der Waals surface area contributed by atoms with E-state index in [-0.39, 0.29) is 17.1 Å². The zero-order valence-corrected chi connectivity index (χ0v) is 16.7.